The molecule has 0 aliphatic rings. The van der Waals surface area contributed by atoms with Gasteiger partial charge in [0.1, 0.15) is 12.2 Å². The molecule has 0 saturated carbocycles. The Morgan fingerprint density at radius 2 is 2.12 bits per heavy atom. The van der Waals surface area contributed by atoms with E-state index in [1.807, 2.05) is 0 Å². The summed E-state index contributed by atoms with van der Waals surface area (Å²) in [7, 11) is 0. The molecule has 0 radical (unpaired) electrons. The van der Waals surface area contributed by atoms with E-state index in [1.165, 1.54) is 13.8 Å². The highest BCUT2D eigenvalue weighted by Crippen LogP contribution is 2.18. The Morgan fingerprint density at radius 3 is 2.56 bits per heavy atom. The van der Waals surface area contributed by atoms with Crippen molar-refractivity contribution in [3.63, 3.8) is 0 Å². The summed E-state index contributed by atoms with van der Waals surface area (Å²) >= 11 is 0. The second-order valence-electron chi connectivity index (χ2n) is 3.15. The molecule has 0 fully saturated rings. The van der Waals surface area contributed by atoms with Crippen LogP contribution in [0.5, 0.6) is 0 Å². The quantitative estimate of drug-likeness (QED) is 0.567. The van der Waals surface area contributed by atoms with Crippen LogP contribution in [0.2, 0.25) is 0 Å². The van der Waals surface area contributed by atoms with Crippen molar-refractivity contribution in [3.8, 4) is 0 Å². The molecule has 1 rings (SSSR count). The van der Waals surface area contributed by atoms with Gasteiger partial charge < -0.3 is 5.11 Å². The molecule has 0 aromatic carbocycles. The second-order valence-corrected chi connectivity index (χ2v) is 3.15. The molecule has 86 valence electrons. The molecule has 0 aliphatic carbocycles. The average molecular weight is 227 g/mol. The maximum absolute atomic E-state index is 11.3. The molecule has 0 saturated heterocycles. The first-order valence-electron chi connectivity index (χ1n) is 4.28. The van der Waals surface area contributed by atoms with Crippen LogP contribution in [0, 0.1) is 24.0 Å². The van der Waals surface area contributed by atoms with E-state index in [0.717, 1.165) is 4.57 Å². The van der Waals surface area contributed by atoms with Crippen LogP contribution in [-0.2, 0) is 11.3 Å². The van der Waals surface area contributed by atoms with E-state index in [0.29, 0.717) is 0 Å². The van der Waals surface area contributed by atoms with Gasteiger partial charge in [-0.3, -0.25) is 19.5 Å². The van der Waals surface area contributed by atoms with Crippen LogP contribution >= 0.6 is 0 Å². The van der Waals surface area contributed by atoms with E-state index >= 15 is 0 Å². The van der Waals surface area contributed by atoms with Gasteiger partial charge in [0.25, 0.3) is 0 Å². The Kier molecular flexibility index (Phi) is 3.02. The first-order valence-corrected chi connectivity index (χ1v) is 4.28. The van der Waals surface area contributed by atoms with Crippen molar-refractivity contribution in [3.05, 3.63) is 32.0 Å². The molecule has 0 spiro atoms. The van der Waals surface area contributed by atoms with Gasteiger partial charge in [0.2, 0.25) is 0 Å². The predicted octanol–water partition coefficient (Wildman–Crippen LogP) is -0.147. The zero-order chi connectivity index (χ0) is 12.5. The van der Waals surface area contributed by atoms with Gasteiger partial charge in [-0.2, -0.15) is 4.98 Å². The number of rotatable bonds is 3. The van der Waals surface area contributed by atoms with E-state index in [2.05, 4.69) is 4.98 Å². The van der Waals surface area contributed by atoms with Crippen LogP contribution < -0.4 is 5.69 Å². The first-order chi connectivity index (χ1) is 7.34. The Morgan fingerprint density at radius 1 is 1.56 bits per heavy atom. The minimum Gasteiger partial charge on any atom is -0.480 e. The van der Waals surface area contributed by atoms with E-state index in [9.17, 15) is 19.7 Å². The SMILES string of the molecule is Cc1nc(=O)n(CC(=O)O)c(C)c1[N+](=O)[O-]. The Labute approximate surface area is 89.3 Å². The highest BCUT2D eigenvalue weighted by atomic mass is 16.6. The third-order valence-corrected chi connectivity index (χ3v) is 2.06. The lowest BCUT2D eigenvalue weighted by atomic mass is 10.3. The van der Waals surface area contributed by atoms with Crippen LogP contribution in [0.4, 0.5) is 5.69 Å². The number of nitrogens with zero attached hydrogens (tertiary/aromatic N) is 3. The average Bonchev–Trinajstić information content (AvgIpc) is 2.10. The van der Waals surface area contributed by atoms with Gasteiger partial charge in [-0.25, -0.2) is 4.79 Å². The van der Waals surface area contributed by atoms with Gasteiger partial charge in [-0.05, 0) is 13.8 Å². The summed E-state index contributed by atoms with van der Waals surface area (Å²) in [5, 5.41) is 19.3. The molecule has 8 heteroatoms. The molecule has 1 heterocycles. The van der Waals surface area contributed by atoms with Gasteiger partial charge in [0, 0.05) is 0 Å². The molecular weight excluding hydrogens is 218 g/mol. The Balaban J connectivity index is 3.51. The third-order valence-electron chi connectivity index (χ3n) is 2.06. The summed E-state index contributed by atoms with van der Waals surface area (Å²) in [5.41, 5.74) is -1.16. The Hall–Kier alpha value is -2.25. The fourth-order valence-corrected chi connectivity index (χ4v) is 1.38. The van der Waals surface area contributed by atoms with E-state index in [1.54, 1.807) is 0 Å². The lowest BCUT2D eigenvalue weighted by Crippen LogP contribution is -2.29. The molecule has 0 atom stereocenters. The number of aryl methyl sites for hydroxylation is 1. The number of carbonyl (C=O) groups is 1. The van der Waals surface area contributed by atoms with Crippen LogP contribution in [-0.4, -0.2) is 25.6 Å². The van der Waals surface area contributed by atoms with Crippen LogP contribution in [0.15, 0.2) is 4.79 Å². The molecule has 1 aromatic rings. The summed E-state index contributed by atoms with van der Waals surface area (Å²) in [4.78, 5) is 35.2. The fourth-order valence-electron chi connectivity index (χ4n) is 1.38. The number of aliphatic carboxylic acids is 1. The first kappa shape index (κ1) is 11.8. The van der Waals surface area contributed by atoms with E-state index in [4.69, 9.17) is 5.11 Å². The third kappa shape index (κ3) is 2.05. The van der Waals surface area contributed by atoms with Gasteiger partial charge in [-0.1, -0.05) is 0 Å². The summed E-state index contributed by atoms with van der Waals surface area (Å²) in [6, 6.07) is 0. The summed E-state index contributed by atoms with van der Waals surface area (Å²) in [5.74, 6) is -1.26. The van der Waals surface area contributed by atoms with Crippen molar-refractivity contribution in [2.75, 3.05) is 0 Å². The number of aromatic nitrogens is 2. The van der Waals surface area contributed by atoms with Crippen LogP contribution in [0.25, 0.3) is 0 Å². The summed E-state index contributed by atoms with van der Waals surface area (Å²) in [6.45, 7) is 2.01. The monoisotopic (exact) mass is 227 g/mol. The topological polar surface area (TPSA) is 115 Å². The largest absolute Gasteiger partial charge is 0.480 e. The number of carboxylic acid groups (broad SMARTS) is 1. The molecule has 1 aromatic heterocycles. The van der Waals surface area contributed by atoms with Gasteiger partial charge in [0.15, 0.2) is 0 Å². The van der Waals surface area contributed by atoms with Crippen molar-refractivity contribution in [1.82, 2.24) is 9.55 Å². The van der Waals surface area contributed by atoms with Gasteiger partial charge in [-0.15, -0.1) is 0 Å². The Bertz CT molecular complexity index is 519. The number of hydrogen-bond acceptors (Lipinski definition) is 5. The van der Waals surface area contributed by atoms with Crippen molar-refractivity contribution in [2.24, 2.45) is 0 Å². The van der Waals surface area contributed by atoms with Crippen molar-refractivity contribution in [1.29, 1.82) is 0 Å². The minimum atomic E-state index is -1.26. The second kappa shape index (κ2) is 4.09. The maximum Gasteiger partial charge on any atom is 0.348 e. The molecule has 0 unspecified atom stereocenters. The molecule has 16 heavy (non-hydrogen) atoms. The predicted molar refractivity (Wildman–Crippen MR) is 52.3 cm³/mol. The fraction of sp³-hybridized carbons (Fsp3) is 0.375. The van der Waals surface area contributed by atoms with Crippen LogP contribution in [0.3, 0.4) is 0 Å². The lowest BCUT2D eigenvalue weighted by molar-refractivity contribution is -0.386. The maximum atomic E-state index is 11.3. The summed E-state index contributed by atoms with van der Waals surface area (Å²) in [6.07, 6.45) is 0. The molecule has 0 amide bonds. The highest BCUT2D eigenvalue weighted by Gasteiger charge is 2.21. The number of hydrogen-bond donors (Lipinski definition) is 1. The van der Waals surface area contributed by atoms with Crippen molar-refractivity contribution >= 4 is 11.7 Å². The zero-order valence-electron chi connectivity index (χ0n) is 8.63. The van der Waals surface area contributed by atoms with Crippen LogP contribution in [0.1, 0.15) is 11.4 Å². The smallest absolute Gasteiger partial charge is 0.348 e. The normalized spacial score (nSPS) is 10.1. The zero-order valence-corrected chi connectivity index (χ0v) is 8.63. The van der Waals surface area contributed by atoms with E-state index in [-0.39, 0.29) is 17.1 Å². The highest BCUT2D eigenvalue weighted by molar-refractivity contribution is 5.66. The van der Waals surface area contributed by atoms with Crippen molar-refractivity contribution in [2.45, 2.75) is 20.4 Å². The molecule has 0 aliphatic heterocycles. The molecule has 8 nitrogen and oxygen atoms in total. The summed E-state index contributed by atoms with van der Waals surface area (Å²) < 4.78 is 0.757. The number of carboxylic acids is 1. The molecule has 0 bridgehead atoms. The number of nitro groups is 1. The molecule has 1 N–H and O–H groups in total. The van der Waals surface area contributed by atoms with Crippen molar-refractivity contribution < 1.29 is 14.8 Å². The standard InChI is InChI=1S/C8H9N3O5/c1-4-7(11(15)16)5(2)10(3-6(12)13)8(14)9-4/h3H2,1-2H3,(H,12,13). The van der Waals surface area contributed by atoms with E-state index < -0.39 is 23.1 Å². The lowest BCUT2D eigenvalue weighted by Gasteiger charge is -2.07. The minimum absolute atomic E-state index is 0.00935. The van der Waals surface area contributed by atoms with Gasteiger partial charge in [0.05, 0.1) is 10.6 Å². The molecular formula is C8H9N3O5. The van der Waals surface area contributed by atoms with Gasteiger partial charge >= 0.3 is 17.3 Å².